The van der Waals surface area contributed by atoms with Crippen LogP contribution in [0.2, 0.25) is 0 Å². The highest BCUT2D eigenvalue weighted by Crippen LogP contribution is 2.07. The van der Waals surface area contributed by atoms with Crippen LogP contribution in [-0.2, 0) is 0 Å². The van der Waals surface area contributed by atoms with E-state index in [9.17, 15) is 0 Å². The van der Waals surface area contributed by atoms with Crippen molar-refractivity contribution in [1.82, 2.24) is 4.98 Å². The molecule has 0 bridgehead atoms. The summed E-state index contributed by atoms with van der Waals surface area (Å²) in [5, 5.41) is 5.28. The molecule has 2 aromatic heterocycles. The lowest BCUT2D eigenvalue weighted by Gasteiger charge is -1.91. The van der Waals surface area contributed by atoms with Crippen molar-refractivity contribution in [3.8, 4) is 0 Å². The molecule has 82 valence electrons. The first-order chi connectivity index (χ1) is 7.47. The van der Waals surface area contributed by atoms with Gasteiger partial charge < -0.3 is 0 Å². The molecule has 0 aliphatic rings. The molecule has 0 saturated carbocycles. The quantitative estimate of drug-likeness (QED) is 0.568. The molecule has 0 N–H and O–H groups in total. The van der Waals surface area contributed by atoms with Gasteiger partial charge in [-0.15, -0.1) is 0 Å². The van der Waals surface area contributed by atoms with Crippen LogP contribution >= 0.6 is 11.3 Å². The molecule has 0 atom stereocenters. The monoisotopic (exact) mass is 233 g/mol. The maximum absolute atomic E-state index is 4.18. The Hall–Kier alpha value is -1.74. The first-order valence-corrected chi connectivity index (χ1v) is 5.68. The van der Waals surface area contributed by atoms with Crippen LogP contribution in [-0.4, -0.2) is 4.98 Å². The third kappa shape index (κ3) is 3.44. The van der Waals surface area contributed by atoms with Gasteiger partial charge in [-0.25, -0.2) is 0 Å². The number of hydrogen-bond donors (Lipinski definition) is 0. The van der Waals surface area contributed by atoms with Crippen LogP contribution in [0.15, 0.2) is 65.5 Å². The Labute approximate surface area is 97.8 Å². The highest BCUT2D eigenvalue weighted by Gasteiger charge is 1.86. The summed E-state index contributed by atoms with van der Waals surface area (Å²) in [7, 11) is 0. The van der Waals surface area contributed by atoms with Crippen molar-refractivity contribution in [2.24, 2.45) is 0 Å². The largest absolute Gasteiger partial charge is 0.269 e. The van der Waals surface area contributed by atoms with E-state index in [4.69, 9.17) is 0 Å². The predicted molar refractivity (Wildman–Crippen MR) is 68.6 cm³/mol. The van der Waals surface area contributed by atoms with Gasteiger partial charge in [0.1, 0.15) is 0 Å². The number of benzene rings is 1. The van der Waals surface area contributed by atoms with E-state index < -0.39 is 0 Å². The van der Waals surface area contributed by atoms with E-state index in [1.54, 1.807) is 11.3 Å². The fourth-order valence-corrected chi connectivity index (χ4v) is 1.70. The number of aromatic nitrogens is 1. The Balaban J connectivity index is 0.000000183. The van der Waals surface area contributed by atoms with Crippen molar-refractivity contribution >= 4 is 22.2 Å². The first kappa shape index (κ1) is 12.3. The Morgan fingerprint density at radius 2 is 1.50 bits per heavy atom. The second-order valence-corrected chi connectivity index (χ2v) is 3.81. The van der Waals surface area contributed by atoms with Gasteiger partial charge in [0.15, 0.2) is 0 Å². The molecule has 1 nitrogen and oxygen atoms in total. The molecule has 0 spiro atoms. The van der Waals surface area contributed by atoms with Crippen molar-refractivity contribution < 1.29 is 4.70 Å². The summed E-state index contributed by atoms with van der Waals surface area (Å²) in [4.78, 5) is 4.18. The van der Waals surface area contributed by atoms with Gasteiger partial charge in [-0.05, 0) is 22.9 Å². The Morgan fingerprint density at radius 1 is 0.812 bits per heavy atom. The van der Waals surface area contributed by atoms with Crippen LogP contribution in [0.25, 0.3) is 10.9 Å². The summed E-state index contributed by atoms with van der Waals surface area (Å²) in [5.74, 6) is 0. The molecule has 0 saturated heterocycles. The van der Waals surface area contributed by atoms with Crippen LogP contribution in [0, 0.1) is 0 Å². The molecule has 0 radical (unpaired) electrons. The molecule has 3 aromatic rings. The fraction of sp³-hybridized carbons (Fsp3) is 0. The maximum atomic E-state index is 4.18. The van der Waals surface area contributed by atoms with Crippen molar-refractivity contribution in [3.63, 3.8) is 0 Å². The fourth-order valence-electron chi connectivity index (χ4n) is 1.24. The molecule has 0 aliphatic heterocycles. The molecule has 3 rings (SSSR count). The van der Waals surface area contributed by atoms with Gasteiger partial charge >= 0.3 is 0 Å². The molecular weight excluding hydrogens is 221 g/mol. The minimum atomic E-state index is 0. The zero-order chi connectivity index (χ0) is 10.3. The average Bonchev–Trinajstić information content (AvgIpc) is 2.88. The normalized spacial score (nSPS) is 8.75. The first-order valence-electron chi connectivity index (χ1n) is 4.74. The summed E-state index contributed by atoms with van der Waals surface area (Å²) in [6.07, 6.45) is 1.81. The molecular formula is C13H12FNS. The summed E-state index contributed by atoms with van der Waals surface area (Å²) in [6, 6.07) is 16.1. The van der Waals surface area contributed by atoms with Crippen LogP contribution in [0.3, 0.4) is 0 Å². The number of pyridine rings is 1. The number of hydrogen-bond acceptors (Lipinski definition) is 2. The molecule has 0 amide bonds. The zero-order valence-electron chi connectivity index (χ0n) is 8.61. The van der Waals surface area contributed by atoms with E-state index in [2.05, 4.69) is 17.1 Å². The molecule has 16 heavy (non-hydrogen) atoms. The highest BCUT2D eigenvalue weighted by atomic mass is 32.1. The van der Waals surface area contributed by atoms with Crippen LogP contribution in [0.5, 0.6) is 0 Å². The number of para-hydroxylation sites is 1. The van der Waals surface area contributed by atoms with Crippen molar-refractivity contribution in [3.05, 3.63) is 65.5 Å². The average molecular weight is 233 g/mol. The van der Waals surface area contributed by atoms with E-state index in [1.165, 1.54) is 5.39 Å². The van der Waals surface area contributed by atoms with Gasteiger partial charge in [-0.1, -0.05) is 36.4 Å². The van der Waals surface area contributed by atoms with Crippen molar-refractivity contribution in [2.75, 3.05) is 0 Å². The zero-order valence-corrected chi connectivity index (χ0v) is 9.43. The van der Waals surface area contributed by atoms with Crippen molar-refractivity contribution in [1.29, 1.82) is 0 Å². The smallest absolute Gasteiger partial charge is 0.0701 e. The standard InChI is InChI=1S/C9H7N.C4H4S.FH/c1-2-6-9-8(4-1)5-3-7-10-9;1-2-4-5-3-1;/h1-7H;1-4H;1H. The number of nitrogens with zero attached hydrogens (tertiary/aromatic N) is 1. The molecule has 3 heteroatoms. The molecule has 0 unspecified atom stereocenters. The maximum Gasteiger partial charge on any atom is 0.0701 e. The van der Waals surface area contributed by atoms with E-state index in [0.29, 0.717) is 0 Å². The second kappa shape index (κ2) is 6.69. The van der Waals surface area contributed by atoms with Gasteiger partial charge in [-0.2, -0.15) is 11.3 Å². The van der Waals surface area contributed by atoms with E-state index in [1.807, 2.05) is 53.4 Å². The third-order valence-electron chi connectivity index (χ3n) is 1.94. The number of thiophene rings is 1. The second-order valence-electron chi connectivity index (χ2n) is 2.99. The predicted octanol–water partition coefficient (Wildman–Crippen LogP) is 4.14. The lowest BCUT2D eigenvalue weighted by Crippen LogP contribution is -1.73. The summed E-state index contributed by atoms with van der Waals surface area (Å²) >= 11 is 1.71. The third-order valence-corrected chi connectivity index (χ3v) is 2.57. The van der Waals surface area contributed by atoms with Gasteiger partial charge in [0.2, 0.25) is 0 Å². The Bertz CT molecular complexity index is 425. The van der Waals surface area contributed by atoms with Gasteiger partial charge in [-0.3, -0.25) is 9.69 Å². The Kier molecular flexibility index (Phi) is 5.16. The molecule has 0 fully saturated rings. The number of rotatable bonds is 0. The summed E-state index contributed by atoms with van der Waals surface area (Å²) in [6.45, 7) is 0. The summed E-state index contributed by atoms with van der Waals surface area (Å²) < 4.78 is 0. The summed E-state index contributed by atoms with van der Waals surface area (Å²) in [5.41, 5.74) is 1.06. The van der Waals surface area contributed by atoms with E-state index in [-0.39, 0.29) is 4.70 Å². The van der Waals surface area contributed by atoms with Gasteiger partial charge in [0, 0.05) is 11.6 Å². The van der Waals surface area contributed by atoms with Crippen LogP contribution in [0.1, 0.15) is 0 Å². The topological polar surface area (TPSA) is 12.9 Å². The van der Waals surface area contributed by atoms with E-state index in [0.717, 1.165) is 5.52 Å². The molecule has 0 aliphatic carbocycles. The lowest BCUT2D eigenvalue weighted by atomic mass is 10.2. The minimum Gasteiger partial charge on any atom is -0.269 e. The molecule has 2 heterocycles. The minimum absolute atomic E-state index is 0. The number of halogens is 1. The van der Waals surface area contributed by atoms with Crippen LogP contribution in [0.4, 0.5) is 4.70 Å². The Morgan fingerprint density at radius 3 is 2.12 bits per heavy atom. The van der Waals surface area contributed by atoms with Crippen LogP contribution < -0.4 is 0 Å². The molecule has 1 aromatic carbocycles. The van der Waals surface area contributed by atoms with Crippen molar-refractivity contribution in [2.45, 2.75) is 0 Å². The highest BCUT2D eigenvalue weighted by molar-refractivity contribution is 7.07. The lowest BCUT2D eigenvalue weighted by molar-refractivity contribution is 1.11. The van der Waals surface area contributed by atoms with E-state index >= 15 is 0 Å². The van der Waals surface area contributed by atoms with Gasteiger partial charge in [0.05, 0.1) is 5.52 Å². The number of fused-ring (bicyclic) bond motifs is 1. The van der Waals surface area contributed by atoms with Gasteiger partial charge in [0.25, 0.3) is 0 Å². The SMILES string of the molecule is F.c1ccc2ncccc2c1.c1ccsc1.